The highest BCUT2D eigenvalue weighted by Crippen LogP contribution is 2.38. The van der Waals surface area contributed by atoms with Crippen LogP contribution in [0.4, 0.5) is 5.69 Å². The van der Waals surface area contributed by atoms with Gasteiger partial charge >= 0.3 is 5.97 Å². The molecule has 0 aromatic heterocycles. The van der Waals surface area contributed by atoms with Crippen molar-refractivity contribution in [3.05, 3.63) is 23.2 Å². The van der Waals surface area contributed by atoms with E-state index in [0.29, 0.717) is 10.7 Å². The maximum Gasteiger partial charge on any atom is 0.326 e. The number of rotatable bonds is 5. The molecule has 8 heteroatoms. The molecule has 2 atom stereocenters. The molecule has 0 fully saturated rings. The van der Waals surface area contributed by atoms with E-state index in [1.54, 1.807) is 32.0 Å². The number of hydrogen-bond acceptors (Lipinski definition) is 4. The average Bonchev–Trinajstić information content (AvgIpc) is 2.45. The van der Waals surface area contributed by atoms with Crippen LogP contribution in [0.5, 0.6) is 0 Å². The Hall–Kier alpha value is -1.73. The van der Waals surface area contributed by atoms with E-state index in [1.807, 2.05) is 0 Å². The summed E-state index contributed by atoms with van der Waals surface area (Å²) in [5.41, 5.74) is 0.620. The molecule has 23 heavy (non-hydrogen) atoms. The number of halogens is 1. The van der Waals surface area contributed by atoms with E-state index in [2.05, 4.69) is 10.6 Å². The van der Waals surface area contributed by atoms with Crippen LogP contribution in [0.25, 0.3) is 0 Å². The van der Waals surface area contributed by atoms with Crippen molar-refractivity contribution >= 4 is 46.8 Å². The van der Waals surface area contributed by atoms with Crippen LogP contribution in [-0.2, 0) is 14.4 Å². The van der Waals surface area contributed by atoms with Crippen molar-refractivity contribution in [2.24, 2.45) is 5.92 Å². The molecular formula is C15H17ClN2O4S. The fourth-order valence-electron chi connectivity index (χ4n) is 2.17. The molecule has 1 aliphatic heterocycles. The lowest BCUT2D eigenvalue weighted by molar-refractivity contribution is -0.143. The molecule has 1 aromatic carbocycles. The third-order valence-electron chi connectivity index (χ3n) is 3.38. The lowest BCUT2D eigenvalue weighted by Gasteiger charge is -2.25. The fourth-order valence-corrected chi connectivity index (χ4v) is 3.43. The summed E-state index contributed by atoms with van der Waals surface area (Å²) < 4.78 is 0. The molecule has 2 amide bonds. The molecule has 1 heterocycles. The van der Waals surface area contributed by atoms with Crippen molar-refractivity contribution in [2.75, 3.05) is 5.32 Å². The summed E-state index contributed by atoms with van der Waals surface area (Å²) in [6.07, 6.45) is -0.0882. The van der Waals surface area contributed by atoms with Crippen molar-refractivity contribution in [3.8, 4) is 0 Å². The van der Waals surface area contributed by atoms with E-state index in [4.69, 9.17) is 16.7 Å². The lowest BCUT2D eigenvalue weighted by atomic mass is 10.0. The van der Waals surface area contributed by atoms with Gasteiger partial charge in [0.1, 0.15) is 6.04 Å². The summed E-state index contributed by atoms with van der Waals surface area (Å²) in [7, 11) is 0. The number of aliphatic carboxylic acids is 1. The summed E-state index contributed by atoms with van der Waals surface area (Å²) >= 11 is 7.15. The molecular weight excluding hydrogens is 340 g/mol. The lowest BCUT2D eigenvalue weighted by Crippen LogP contribution is -2.46. The minimum absolute atomic E-state index is 0.0882. The standard InChI is InChI=1S/C15H17ClN2O4S/c1-7(2)13(15(21)22)18-12(19)6-11-14(20)17-9-5-8(16)3-4-10(9)23-11/h3-5,7,11,13H,6H2,1-2H3,(H,17,20)(H,18,19)(H,21,22)/t11?,13-/m1/s1. The third-order valence-corrected chi connectivity index (χ3v) is 4.89. The minimum atomic E-state index is -1.09. The second-order valence-electron chi connectivity index (χ2n) is 5.57. The molecule has 1 aliphatic rings. The summed E-state index contributed by atoms with van der Waals surface area (Å²) in [4.78, 5) is 36.1. The normalized spacial score (nSPS) is 18.1. The van der Waals surface area contributed by atoms with Crippen molar-refractivity contribution in [2.45, 2.75) is 36.5 Å². The first-order valence-corrected chi connectivity index (χ1v) is 8.33. The summed E-state index contributed by atoms with van der Waals surface area (Å²) in [6, 6.07) is 4.17. The number of carboxylic acid groups (broad SMARTS) is 1. The number of thioether (sulfide) groups is 1. The number of anilines is 1. The Morgan fingerprint density at radius 1 is 1.43 bits per heavy atom. The number of carboxylic acids is 1. The van der Waals surface area contributed by atoms with E-state index >= 15 is 0 Å². The molecule has 3 N–H and O–H groups in total. The monoisotopic (exact) mass is 356 g/mol. The van der Waals surface area contributed by atoms with Gasteiger partial charge < -0.3 is 15.7 Å². The van der Waals surface area contributed by atoms with Crippen molar-refractivity contribution in [1.29, 1.82) is 0 Å². The average molecular weight is 357 g/mol. The van der Waals surface area contributed by atoms with Crippen LogP contribution in [-0.4, -0.2) is 34.2 Å². The van der Waals surface area contributed by atoms with E-state index in [-0.39, 0.29) is 18.2 Å². The first-order valence-electron chi connectivity index (χ1n) is 7.07. The van der Waals surface area contributed by atoms with Crippen LogP contribution in [0.1, 0.15) is 20.3 Å². The highest BCUT2D eigenvalue weighted by atomic mass is 35.5. The number of fused-ring (bicyclic) bond motifs is 1. The zero-order chi connectivity index (χ0) is 17.1. The van der Waals surface area contributed by atoms with Crippen LogP contribution >= 0.6 is 23.4 Å². The quantitative estimate of drug-likeness (QED) is 0.752. The van der Waals surface area contributed by atoms with Gasteiger partial charge in [-0.3, -0.25) is 9.59 Å². The highest BCUT2D eigenvalue weighted by Gasteiger charge is 2.31. The van der Waals surface area contributed by atoms with Crippen molar-refractivity contribution < 1.29 is 19.5 Å². The number of amides is 2. The van der Waals surface area contributed by atoms with Gasteiger partial charge in [-0.15, -0.1) is 11.8 Å². The second kappa shape index (κ2) is 7.23. The Balaban J connectivity index is 2.03. The van der Waals surface area contributed by atoms with Crippen LogP contribution < -0.4 is 10.6 Å². The Kier molecular flexibility index (Phi) is 5.54. The molecule has 6 nitrogen and oxygen atoms in total. The van der Waals surface area contributed by atoms with Gasteiger partial charge in [-0.2, -0.15) is 0 Å². The SMILES string of the molecule is CC(C)[C@@H](NC(=O)CC1Sc2ccc(Cl)cc2NC1=O)C(=O)O. The molecule has 0 radical (unpaired) electrons. The van der Waals surface area contributed by atoms with E-state index < -0.39 is 23.2 Å². The molecule has 2 rings (SSSR count). The van der Waals surface area contributed by atoms with Crippen molar-refractivity contribution in [1.82, 2.24) is 5.32 Å². The largest absolute Gasteiger partial charge is 0.480 e. The van der Waals surface area contributed by atoms with Crippen LogP contribution in [0, 0.1) is 5.92 Å². The Morgan fingerprint density at radius 2 is 2.13 bits per heavy atom. The molecule has 124 valence electrons. The molecule has 0 spiro atoms. The number of hydrogen-bond donors (Lipinski definition) is 3. The maximum absolute atomic E-state index is 12.1. The number of carbonyl (C=O) groups excluding carboxylic acids is 2. The highest BCUT2D eigenvalue weighted by molar-refractivity contribution is 8.01. The summed E-state index contributed by atoms with van der Waals surface area (Å²) in [6.45, 7) is 3.42. The third kappa shape index (κ3) is 4.39. The van der Waals surface area contributed by atoms with E-state index in [9.17, 15) is 14.4 Å². The smallest absolute Gasteiger partial charge is 0.326 e. The minimum Gasteiger partial charge on any atom is -0.480 e. The number of benzene rings is 1. The molecule has 0 bridgehead atoms. The van der Waals surface area contributed by atoms with Gasteiger partial charge in [-0.25, -0.2) is 4.79 Å². The zero-order valence-corrected chi connectivity index (χ0v) is 14.2. The Morgan fingerprint density at radius 3 is 2.74 bits per heavy atom. The fraction of sp³-hybridized carbons (Fsp3) is 0.400. The summed E-state index contributed by atoms with van der Waals surface area (Å²) in [5, 5.41) is 14.2. The maximum atomic E-state index is 12.1. The molecule has 0 saturated carbocycles. The number of carbonyl (C=O) groups is 3. The van der Waals surface area contributed by atoms with Gasteiger partial charge in [0, 0.05) is 16.3 Å². The summed E-state index contributed by atoms with van der Waals surface area (Å²) in [5.74, 6) is -2.09. The van der Waals surface area contributed by atoms with Gasteiger partial charge in [0.2, 0.25) is 11.8 Å². The number of nitrogens with one attached hydrogen (secondary N) is 2. The van der Waals surface area contributed by atoms with Gasteiger partial charge in [0.25, 0.3) is 0 Å². The van der Waals surface area contributed by atoms with E-state index in [1.165, 1.54) is 11.8 Å². The predicted octanol–water partition coefficient (Wildman–Crippen LogP) is 2.37. The molecule has 0 aliphatic carbocycles. The Labute approximate surface area is 143 Å². The van der Waals surface area contributed by atoms with Crippen LogP contribution in [0.2, 0.25) is 5.02 Å². The Bertz CT molecular complexity index is 650. The van der Waals surface area contributed by atoms with Gasteiger partial charge in [0.15, 0.2) is 0 Å². The van der Waals surface area contributed by atoms with Crippen LogP contribution in [0.3, 0.4) is 0 Å². The van der Waals surface area contributed by atoms with Crippen LogP contribution in [0.15, 0.2) is 23.1 Å². The van der Waals surface area contributed by atoms with Crippen molar-refractivity contribution in [3.63, 3.8) is 0 Å². The zero-order valence-electron chi connectivity index (χ0n) is 12.6. The van der Waals surface area contributed by atoms with E-state index in [0.717, 1.165) is 4.90 Å². The molecule has 0 saturated heterocycles. The van der Waals surface area contributed by atoms with Gasteiger partial charge in [-0.05, 0) is 24.1 Å². The first kappa shape index (κ1) is 17.6. The van der Waals surface area contributed by atoms with Gasteiger partial charge in [0.05, 0.1) is 10.9 Å². The van der Waals surface area contributed by atoms with Gasteiger partial charge in [-0.1, -0.05) is 25.4 Å². The first-order chi connectivity index (χ1) is 10.8. The molecule has 1 aromatic rings. The topological polar surface area (TPSA) is 95.5 Å². The second-order valence-corrected chi connectivity index (χ2v) is 7.25. The predicted molar refractivity (Wildman–Crippen MR) is 88.7 cm³/mol. The molecule has 1 unspecified atom stereocenters.